The second kappa shape index (κ2) is 10.9. The van der Waals surface area contributed by atoms with Crippen LogP contribution in [0, 0.1) is 0 Å². The second-order valence-electron chi connectivity index (χ2n) is 10.1. The van der Waals surface area contributed by atoms with E-state index in [0.717, 1.165) is 18.5 Å². The number of halogens is 2. The normalized spacial score (nSPS) is 24.3. The quantitative estimate of drug-likeness (QED) is 0.369. The number of benzene rings is 2. The monoisotopic (exact) mass is 592 g/mol. The van der Waals surface area contributed by atoms with E-state index in [1.165, 1.54) is 0 Å². The fourth-order valence-electron chi connectivity index (χ4n) is 5.10. The van der Waals surface area contributed by atoms with Gasteiger partial charge in [0, 0.05) is 54.8 Å². The smallest absolute Gasteiger partial charge is 0.217 e. The summed E-state index contributed by atoms with van der Waals surface area (Å²) in [7, 11) is -3.12. The van der Waals surface area contributed by atoms with Gasteiger partial charge in [-0.05, 0) is 49.2 Å². The molecule has 0 radical (unpaired) electrons. The molecule has 12 heteroatoms. The first kappa shape index (κ1) is 26.9. The van der Waals surface area contributed by atoms with Crippen LogP contribution in [-0.2, 0) is 31.8 Å². The molecule has 3 aliphatic rings. The number of hydrogen-bond acceptors (Lipinski definition) is 7. The maximum absolute atomic E-state index is 12.5. The zero-order valence-electron chi connectivity index (χ0n) is 21.3. The first-order valence-electron chi connectivity index (χ1n) is 13.0. The fraction of sp³-hybridized carbons (Fsp3) is 0.444. The highest BCUT2D eigenvalue weighted by atomic mass is 35.5. The Hall–Kier alpha value is -2.34. The van der Waals surface area contributed by atoms with Crippen molar-refractivity contribution in [3.05, 3.63) is 76.8 Å². The molecule has 0 bridgehead atoms. The lowest BCUT2D eigenvalue weighted by molar-refractivity contribution is -0.189. The lowest BCUT2D eigenvalue weighted by Gasteiger charge is -2.35. The zero-order valence-corrected chi connectivity index (χ0v) is 23.6. The van der Waals surface area contributed by atoms with E-state index in [-0.39, 0.29) is 11.4 Å². The molecule has 0 unspecified atom stereocenters. The highest BCUT2D eigenvalue weighted by molar-refractivity contribution is 7.90. The van der Waals surface area contributed by atoms with Gasteiger partial charge in [0.05, 0.1) is 29.8 Å². The predicted octanol–water partition coefficient (Wildman–Crippen LogP) is 4.15. The first-order valence-corrected chi connectivity index (χ1v) is 15.3. The summed E-state index contributed by atoms with van der Waals surface area (Å²) >= 11 is 12.7. The molecule has 9 nitrogen and oxygen atoms in total. The number of ether oxygens (including phenoxy) is 3. The Balaban J connectivity index is 1.06. The molecule has 208 valence electrons. The topological polar surface area (TPSA) is 86.1 Å². The van der Waals surface area contributed by atoms with Gasteiger partial charge in [-0.15, -0.1) is 0 Å². The Morgan fingerprint density at radius 3 is 2.49 bits per heavy atom. The van der Waals surface area contributed by atoms with Gasteiger partial charge in [-0.1, -0.05) is 29.3 Å². The van der Waals surface area contributed by atoms with Crippen molar-refractivity contribution in [1.82, 2.24) is 13.9 Å². The molecule has 3 fully saturated rings. The Labute approximate surface area is 238 Å². The molecule has 0 amide bonds. The van der Waals surface area contributed by atoms with E-state index in [9.17, 15) is 8.42 Å². The molecular formula is C27H30Cl2N4O5S. The highest BCUT2D eigenvalue weighted by Gasteiger charge is 2.45. The van der Waals surface area contributed by atoms with Gasteiger partial charge < -0.3 is 23.7 Å². The summed E-state index contributed by atoms with van der Waals surface area (Å²) in [6.45, 7) is 3.39. The minimum Gasteiger partial charge on any atom is -0.491 e. The van der Waals surface area contributed by atoms with E-state index in [0.29, 0.717) is 67.3 Å². The average molecular weight is 594 g/mol. The van der Waals surface area contributed by atoms with Crippen LogP contribution in [0.1, 0.15) is 18.4 Å². The maximum Gasteiger partial charge on any atom is 0.217 e. The molecule has 0 spiro atoms. The molecule has 1 saturated carbocycles. The molecule has 2 aliphatic heterocycles. The van der Waals surface area contributed by atoms with Crippen LogP contribution in [-0.4, -0.2) is 73.0 Å². The summed E-state index contributed by atoms with van der Waals surface area (Å²) in [4.78, 5) is 6.33. The minimum absolute atomic E-state index is 0.158. The standard InChI is InChI=1S/C27H30Cl2N4O5S/c28-20-1-8-25(26(29)15-20)27(18-31-10-9-30-19-31)37-17-23(38-27)16-36-22-4-2-21(3-5-22)32-11-13-33(14-12-32)39(34,35)24-6-7-24/h1-5,8-10,15,19,23-24H,6-7,11-14,16-18H2/t23-,27-/m0/s1. The minimum atomic E-state index is -3.12. The van der Waals surface area contributed by atoms with Crippen molar-refractivity contribution >= 4 is 38.9 Å². The SMILES string of the molecule is O=S(=O)(C1CC1)N1CCN(c2ccc(OC[C@H]3CO[C@](Cn4ccnc4)(c4ccc(Cl)cc4Cl)O3)cc2)CC1. The van der Waals surface area contributed by atoms with Crippen molar-refractivity contribution in [2.75, 3.05) is 44.3 Å². The summed E-state index contributed by atoms with van der Waals surface area (Å²) in [5.41, 5.74) is 1.74. The first-order chi connectivity index (χ1) is 18.8. The third-order valence-electron chi connectivity index (χ3n) is 7.33. The number of imidazole rings is 1. The Morgan fingerprint density at radius 1 is 1.05 bits per heavy atom. The molecular weight excluding hydrogens is 563 g/mol. The number of rotatable bonds is 9. The van der Waals surface area contributed by atoms with Crippen LogP contribution < -0.4 is 9.64 Å². The molecule has 1 aromatic heterocycles. The van der Waals surface area contributed by atoms with Gasteiger partial charge in [0.25, 0.3) is 0 Å². The van der Waals surface area contributed by atoms with Gasteiger partial charge in [-0.3, -0.25) is 0 Å². The van der Waals surface area contributed by atoms with Gasteiger partial charge in [0.1, 0.15) is 18.5 Å². The van der Waals surface area contributed by atoms with Gasteiger partial charge in [-0.2, -0.15) is 4.31 Å². The summed E-state index contributed by atoms with van der Waals surface area (Å²) in [5.74, 6) is -0.385. The van der Waals surface area contributed by atoms with Gasteiger partial charge >= 0.3 is 0 Å². The van der Waals surface area contributed by atoms with Crippen LogP contribution in [0.3, 0.4) is 0 Å². The predicted molar refractivity (Wildman–Crippen MR) is 149 cm³/mol. The Kier molecular flexibility index (Phi) is 7.51. The number of hydrogen-bond donors (Lipinski definition) is 0. The lowest BCUT2D eigenvalue weighted by Crippen LogP contribution is -2.49. The third-order valence-corrected chi connectivity index (χ3v) is 10.3. The maximum atomic E-state index is 12.5. The van der Waals surface area contributed by atoms with Crippen LogP contribution in [0.5, 0.6) is 5.75 Å². The molecule has 3 heterocycles. The van der Waals surface area contributed by atoms with Gasteiger partial charge in [-0.25, -0.2) is 13.4 Å². The molecule has 6 rings (SSSR count). The van der Waals surface area contributed by atoms with Gasteiger partial charge in [0.15, 0.2) is 0 Å². The average Bonchev–Trinajstić information content (AvgIpc) is 3.55. The Morgan fingerprint density at radius 2 is 1.82 bits per heavy atom. The molecule has 3 aromatic rings. The zero-order chi connectivity index (χ0) is 27.0. The van der Waals surface area contributed by atoms with Gasteiger partial charge in [0.2, 0.25) is 15.8 Å². The highest BCUT2D eigenvalue weighted by Crippen LogP contribution is 2.40. The van der Waals surface area contributed by atoms with Crippen LogP contribution in [0.2, 0.25) is 10.0 Å². The van der Waals surface area contributed by atoms with Crippen LogP contribution in [0.4, 0.5) is 5.69 Å². The summed E-state index contributed by atoms with van der Waals surface area (Å²) in [6, 6.07) is 13.1. The van der Waals surface area contributed by atoms with Crippen LogP contribution >= 0.6 is 23.2 Å². The van der Waals surface area contributed by atoms with Crippen LogP contribution in [0.25, 0.3) is 0 Å². The molecule has 1 aliphatic carbocycles. The molecule has 2 saturated heterocycles. The largest absolute Gasteiger partial charge is 0.491 e. The Bertz CT molecular complexity index is 1390. The van der Waals surface area contributed by atoms with Crippen molar-refractivity contribution in [3.8, 4) is 5.75 Å². The number of piperazine rings is 1. The summed E-state index contributed by atoms with van der Waals surface area (Å²) in [5, 5.41) is 0.840. The fourth-order valence-corrected chi connectivity index (χ4v) is 7.47. The van der Waals surface area contributed by atoms with Crippen LogP contribution in [0.15, 0.2) is 61.2 Å². The lowest BCUT2D eigenvalue weighted by atomic mass is 10.1. The van der Waals surface area contributed by atoms with Crippen molar-refractivity contribution in [1.29, 1.82) is 0 Å². The van der Waals surface area contributed by atoms with E-state index >= 15 is 0 Å². The molecule has 0 N–H and O–H groups in total. The number of anilines is 1. The van der Waals surface area contributed by atoms with E-state index < -0.39 is 15.8 Å². The van der Waals surface area contributed by atoms with Crippen molar-refractivity contribution in [2.45, 2.75) is 36.5 Å². The molecule has 2 atom stereocenters. The summed E-state index contributed by atoms with van der Waals surface area (Å²) in [6.07, 6.45) is 6.52. The number of sulfonamides is 1. The van der Waals surface area contributed by atoms with Crippen molar-refractivity contribution in [2.24, 2.45) is 0 Å². The second-order valence-corrected chi connectivity index (χ2v) is 13.2. The third kappa shape index (κ3) is 5.77. The van der Waals surface area contributed by atoms with E-state index in [4.69, 9.17) is 37.4 Å². The molecule has 39 heavy (non-hydrogen) atoms. The van der Waals surface area contributed by atoms with Crippen molar-refractivity contribution in [3.63, 3.8) is 0 Å². The van der Waals surface area contributed by atoms with E-state index in [1.807, 2.05) is 41.1 Å². The van der Waals surface area contributed by atoms with E-state index in [1.54, 1.807) is 29.0 Å². The number of nitrogens with zero attached hydrogens (tertiary/aromatic N) is 4. The van der Waals surface area contributed by atoms with Crippen molar-refractivity contribution < 1.29 is 22.6 Å². The number of aromatic nitrogens is 2. The molecule has 2 aromatic carbocycles. The summed E-state index contributed by atoms with van der Waals surface area (Å²) < 4.78 is 47.3. The van der Waals surface area contributed by atoms with E-state index in [2.05, 4.69) is 9.88 Å².